The largest absolute Gasteiger partial charge is 0.360 e. The summed E-state index contributed by atoms with van der Waals surface area (Å²) in [7, 11) is 0. The third kappa shape index (κ3) is 2.36. The lowest BCUT2D eigenvalue weighted by Crippen LogP contribution is -2.10. The van der Waals surface area contributed by atoms with E-state index >= 15 is 0 Å². The Kier molecular flexibility index (Phi) is 2.98. The van der Waals surface area contributed by atoms with E-state index in [2.05, 4.69) is 40.5 Å². The summed E-state index contributed by atoms with van der Waals surface area (Å²) in [5.41, 5.74) is 2.33. The Hall–Kier alpha value is -1.88. The van der Waals surface area contributed by atoms with Crippen LogP contribution in [0.2, 0.25) is 0 Å². The number of thiazole rings is 1. The second-order valence-corrected chi connectivity index (χ2v) is 5.22. The van der Waals surface area contributed by atoms with Crippen LogP contribution < -0.4 is 5.32 Å². The molecule has 0 saturated heterocycles. The van der Waals surface area contributed by atoms with E-state index in [1.54, 1.807) is 17.5 Å². The number of nitrogens with one attached hydrogen (secondary N) is 1. The van der Waals surface area contributed by atoms with E-state index in [1.165, 1.54) is 10.3 Å². The molecule has 0 atom stereocenters. The molecule has 0 unspecified atom stereocenters. The lowest BCUT2D eigenvalue weighted by molar-refractivity contribution is 0.638. The summed E-state index contributed by atoms with van der Waals surface area (Å²) in [6, 6.07) is 8.27. The molecule has 1 aromatic carbocycles. The fourth-order valence-electron chi connectivity index (χ4n) is 1.82. The van der Waals surface area contributed by atoms with Crippen LogP contribution in [0.1, 0.15) is 5.56 Å². The first-order valence-corrected chi connectivity index (χ1v) is 6.71. The Balaban J connectivity index is 1.67. The van der Waals surface area contributed by atoms with Gasteiger partial charge in [0, 0.05) is 18.9 Å². The summed E-state index contributed by atoms with van der Waals surface area (Å²) in [5.74, 6) is 0. The molecule has 0 spiro atoms. The maximum absolute atomic E-state index is 4.55. The highest BCUT2D eigenvalue weighted by Gasteiger charge is 2.03. The van der Waals surface area contributed by atoms with Gasteiger partial charge in [-0.2, -0.15) is 5.10 Å². The van der Waals surface area contributed by atoms with Gasteiger partial charge in [-0.05, 0) is 30.7 Å². The number of anilines is 1. The van der Waals surface area contributed by atoms with Gasteiger partial charge >= 0.3 is 0 Å². The third-order valence-electron chi connectivity index (χ3n) is 2.72. The molecular formula is C13H14N4S. The predicted molar refractivity (Wildman–Crippen MR) is 75.1 cm³/mol. The minimum absolute atomic E-state index is 0.834. The molecule has 18 heavy (non-hydrogen) atoms. The van der Waals surface area contributed by atoms with E-state index in [4.69, 9.17) is 0 Å². The van der Waals surface area contributed by atoms with Crippen LogP contribution in [0.15, 0.2) is 36.7 Å². The van der Waals surface area contributed by atoms with Gasteiger partial charge in [0.2, 0.25) is 0 Å². The first-order valence-electron chi connectivity index (χ1n) is 5.90. The number of hydrogen-bond donors (Lipinski definition) is 1. The molecule has 5 heteroatoms. The van der Waals surface area contributed by atoms with Gasteiger partial charge in [-0.15, -0.1) is 0 Å². The topological polar surface area (TPSA) is 42.7 Å². The third-order valence-corrected chi connectivity index (χ3v) is 3.70. The standard InChI is InChI=1S/C13H14N4S/c1-10-3-4-11-12(9-10)18-13(16-11)14-6-8-17-7-2-5-15-17/h2-5,7,9H,6,8H2,1H3,(H,14,16). The van der Waals surface area contributed by atoms with Crippen LogP contribution in [-0.4, -0.2) is 21.3 Å². The van der Waals surface area contributed by atoms with Gasteiger partial charge in [-0.25, -0.2) is 4.98 Å². The van der Waals surface area contributed by atoms with Crippen LogP contribution in [0.5, 0.6) is 0 Å². The Bertz CT molecular complexity index is 642. The van der Waals surface area contributed by atoms with Crippen molar-refractivity contribution in [2.75, 3.05) is 11.9 Å². The lowest BCUT2D eigenvalue weighted by atomic mass is 10.2. The summed E-state index contributed by atoms with van der Waals surface area (Å²) < 4.78 is 3.14. The van der Waals surface area contributed by atoms with Crippen molar-refractivity contribution in [3.63, 3.8) is 0 Å². The van der Waals surface area contributed by atoms with Crippen molar-refractivity contribution >= 4 is 26.7 Å². The molecule has 0 radical (unpaired) electrons. The SMILES string of the molecule is Cc1ccc2nc(NCCn3cccn3)sc2c1. The first kappa shape index (κ1) is 11.2. The van der Waals surface area contributed by atoms with Gasteiger partial charge in [0.1, 0.15) is 0 Å². The highest BCUT2D eigenvalue weighted by Crippen LogP contribution is 2.26. The van der Waals surface area contributed by atoms with E-state index in [9.17, 15) is 0 Å². The van der Waals surface area contributed by atoms with Crippen LogP contribution in [0.25, 0.3) is 10.2 Å². The van der Waals surface area contributed by atoms with Crippen LogP contribution in [0.3, 0.4) is 0 Å². The molecule has 0 aliphatic rings. The number of aromatic nitrogens is 3. The van der Waals surface area contributed by atoms with Gasteiger partial charge in [0.25, 0.3) is 0 Å². The minimum atomic E-state index is 0.834. The van der Waals surface area contributed by atoms with Crippen LogP contribution >= 0.6 is 11.3 Å². The van der Waals surface area contributed by atoms with Gasteiger partial charge in [-0.3, -0.25) is 4.68 Å². The van der Waals surface area contributed by atoms with Crippen molar-refractivity contribution in [3.8, 4) is 0 Å². The molecule has 0 aliphatic heterocycles. The molecule has 0 saturated carbocycles. The fourth-order valence-corrected chi connectivity index (χ4v) is 2.81. The monoisotopic (exact) mass is 258 g/mol. The number of nitrogens with zero attached hydrogens (tertiary/aromatic N) is 3. The number of hydrogen-bond acceptors (Lipinski definition) is 4. The molecule has 0 bridgehead atoms. The summed E-state index contributed by atoms with van der Waals surface area (Å²) in [6.45, 7) is 3.78. The van der Waals surface area contributed by atoms with Crippen molar-refractivity contribution in [1.29, 1.82) is 0 Å². The number of fused-ring (bicyclic) bond motifs is 1. The molecule has 0 fully saturated rings. The number of aryl methyl sites for hydroxylation is 1. The summed E-state index contributed by atoms with van der Waals surface area (Å²) in [5, 5.41) is 8.47. The smallest absolute Gasteiger partial charge is 0.183 e. The summed E-state index contributed by atoms with van der Waals surface area (Å²) in [4.78, 5) is 4.55. The van der Waals surface area contributed by atoms with Crippen molar-refractivity contribution < 1.29 is 0 Å². The van der Waals surface area contributed by atoms with E-state index in [1.807, 2.05) is 16.9 Å². The number of benzene rings is 1. The van der Waals surface area contributed by atoms with E-state index in [-0.39, 0.29) is 0 Å². The lowest BCUT2D eigenvalue weighted by Gasteiger charge is -2.02. The molecule has 4 nitrogen and oxygen atoms in total. The highest BCUT2D eigenvalue weighted by atomic mass is 32.1. The molecule has 2 aromatic heterocycles. The van der Waals surface area contributed by atoms with E-state index < -0.39 is 0 Å². The van der Waals surface area contributed by atoms with Gasteiger partial charge in [-0.1, -0.05) is 17.4 Å². The Morgan fingerprint density at radius 1 is 1.39 bits per heavy atom. The molecule has 92 valence electrons. The minimum Gasteiger partial charge on any atom is -0.360 e. The second kappa shape index (κ2) is 4.78. The summed E-state index contributed by atoms with van der Waals surface area (Å²) in [6.07, 6.45) is 3.75. The van der Waals surface area contributed by atoms with Crippen LogP contribution in [-0.2, 0) is 6.54 Å². The fraction of sp³-hybridized carbons (Fsp3) is 0.231. The maximum Gasteiger partial charge on any atom is 0.183 e. The second-order valence-electron chi connectivity index (χ2n) is 4.19. The number of rotatable bonds is 4. The zero-order valence-electron chi connectivity index (χ0n) is 10.1. The highest BCUT2D eigenvalue weighted by molar-refractivity contribution is 7.22. The Morgan fingerprint density at radius 3 is 3.17 bits per heavy atom. The predicted octanol–water partition coefficient (Wildman–Crippen LogP) is 2.91. The normalized spacial score (nSPS) is 10.9. The molecule has 0 aliphatic carbocycles. The van der Waals surface area contributed by atoms with Gasteiger partial charge in [0.15, 0.2) is 5.13 Å². The van der Waals surface area contributed by atoms with Crippen LogP contribution in [0, 0.1) is 6.92 Å². The Morgan fingerprint density at radius 2 is 2.33 bits per heavy atom. The quantitative estimate of drug-likeness (QED) is 0.782. The summed E-state index contributed by atoms with van der Waals surface area (Å²) >= 11 is 1.70. The molecule has 2 heterocycles. The first-order chi connectivity index (χ1) is 8.81. The molecule has 0 amide bonds. The van der Waals surface area contributed by atoms with Crippen molar-refractivity contribution in [3.05, 3.63) is 42.2 Å². The van der Waals surface area contributed by atoms with Gasteiger partial charge < -0.3 is 5.32 Å². The molecule has 3 aromatic rings. The van der Waals surface area contributed by atoms with E-state index in [0.717, 1.165) is 23.7 Å². The Labute approximate surface area is 109 Å². The zero-order chi connectivity index (χ0) is 12.4. The average molecular weight is 258 g/mol. The molecular weight excluding hydrogens is 244 g/mol. The van der Waals surface area contributed by atoms with E-state index in [0.29, 0.717) is 0 Å². The van der Waals surface area contributed by atoms with Crippen molar-refractivity contribution in [1.82, 2.24) is 14.8 Å². The molecule has 3 rings (SSSR count). The maximum atomic E-state index is 4.55. The van der Waals surface area contributed by atoms with Crippen molar-refractivity contribution in [2.24, 2.45) is 0 Å². The molecule has 1 N–H and O–H groups in total. The van der Waals surface area contributed by atoms with Crippen molar-refractivity contribution in [2.45, 2.75) is 13.5 Å². The average Bonchev–Trinajstić information content (AvgIpc) is 2.97. The zero-order valence-corrected chi connectivity index (χ0v) is 10.9. The van der Waals surface area contributed by atoms with Crippen LogP contribution in [0.4, 0.5) is 5.13 Å². The van der Waals surface area contributed by atoms with Gasteiger partial charge in [0.05, 0.1) is 16.8 Å².